The normalized spacial score (nSPS) is 14.0. The lowest BCUT2D eigenvalue weighted by atomic mass is 9.99. The molecule has 0 saturated carbocycles. The molecule has 13 heteroatoms. The lowest BCUT2D eigenvalue weighted by Gasteiger charge is -2.27. The number of hydrogen-bond donors (Lipinski definition) is 8. The van der Waals surface area contributed by atoms with Gasteiger partial charge in [-0.2, -0.15) is 0 Å². The first-order chi connectivity index (χ1) is 20.3. The molecular weight excluding hydrogens is 558 g/mol. The number of fused-ring (bicyclic) bond motifs is 1. The molecule has 0 aliphatic heterocycles. The molecule has 4 atom stereocenters. The first-order valence-corrected chi connectivity index (χ1v) is 13.8. The van der Waals surface area contributed by atoms with Gasteiger partial charge in [0.05, 0.1) is 6.04 Å². The Morgan fingerprint density at radius 1 is 0.837 bits per heavy atom. The van der Waals surface area contributed by atoms with E-state index in [0.29, 0.717) is 11.1 Å². The molecule has 3 amide bonds. The second-order valence-electron chi connectivity index (χ2n) is 10.7. The highest BCUT2D eigenvalue weighted by Crippen LogP contribution is 2.20. The summed E-state index contributed by atoms with van der Waals surface area (Å²) >= 11 is 0. The van der Waals surface area contributed by atoms with Crippen molar-refractivity contribution in [2.75, 3.05) is 0 Å². The summed E-state index contributed by atoms with van der Waals surface area (Å²) in [5.41, 5.74) is 7.97. The van der Waals surface area contributed by atoms with Gasteiger partial charge in [-0.05, 0) is 41.7 Å². The van der Waals surface area contributed by atoms with Crippen LogP contribution in [0.4, 0.5) is 0 Å². The monoisotopic (exact) mass is 595 g/mol. The van der Waals surface area contributed by atoms with Crippen LogP contribution in [0.5, 0.6) is 5.75 Å². The van der Waals surface area contributed by atoms with E-state index in [1.54, 1.807) is 20.0 Å². The minimum absolute atomic E-state index is 0.0133. The minimum Gasteiger partial charge on any atom is -0.508 e. The van der Waals surface area contributed by atoms with Gasteiger partial charge >= 0.3 is 11.9 Å². The van der Waals surface area contributed by atoms with Crippen LogP contribution in [0.2, 0.25) is 0 Å². The highest BCUT2D eigenvalue weighted by molar-refractivity contribution is 5.95. The maximum atomic E-state index is 13.6. The molecule has 1 heterocycles. The number of aromatic hydroxyl groups is 1. The molecule has 2 aromatic carbocycles. The van der Waals surface area contributed by atoms with Crippen molar-refractivity contribution >= 4 is 40.6 Å². The van der Waals surface area contributed by atoms with Crippen molar-refractivity contribution in [2.24, 2.45) is 11.7 Å². The number of hydrogen-bond acceptors (Lipinski definition) is 7. The Kier molecular flexibility index (Phi) is 11.2. The number of benzene rings is 2. The van der Waals surface area contributed by atoms with Crippen molar-refractivity contribution in [2.45, 2.75) is 63.7 Å². The van der Waals surface area contributed by atoms with E-state index < -0.39 is 59.7 Å². The number of rotatable bonds is 15. The zero-order valence-electron chi connectivity index (χ0n) is 23.9. The second kappa shape index (κ2) is 14.8. The summed E-state index contributed by atoms with van der Waals surface area (Å²) in [6.45, 7) is 3.35. The van der Waals surface area contributed by atoms with Crippen molar-refractivity contribution in [1.29, 1.82) is 0 Å². The molecule has 9 N–H and O–H groups in total. The predicted molar refractivity (Wildman–Crippen MR) is 157 cm³/mol. The molecule has 0 bridgehead atoms. The highest BCUT2D eigenvalue weighted by Gasteiger charge is 2.32. The molecule has 0 aliphatic rings. The Hall–Kier alpha value is -4.91. The SMILES string of the molecule is CC(C)C(NC(=O)C(Cc1c[nH]c2ccccc12)NC(=O)C(N)CCC(=O)O)C(=O)NC(Cc1ccc(O)cc1)C(=O)O. The van der Waals surface area contributed by atoms with Crippen LogP contribution >= 0.6 is 0 Å². The van der Waals surface area contributed by atoms with E-state index in [9.17, 15) is 34.2 Å². The van der Waals surface area contributed by atoms with E-state index in [4.69, 9.17) is 10.8 Å². The van der Waals surface area contributed by atoms with Gasteiger partial charge in [0.25, 0.3) is 0 Å². The van der Waals surface area contributed by atoms with E-state index in [1.165, 1.54) is 24.3 Å². The topological polar surface area (TPSA) is 224 Å². The summed E-state index contributed by atoms with van der Waals surface area (Å²) in [6.07, 6.45) is 1.19. The number of carboxylic acid groups (broad SMARTS) is 2. The summed E-state index contributed by atoms with van der Waals surface area (Å²) in [7, 11) is 0. The molecule has 43 heavy (non-hydrogen) atoms. The molecule has 0 aliphatic carbocycles. The fourth-order valence-electron chi connectivity index (χ4n) is 4.54. The fourth-order valence-corrected chi connectivity index (χ4v) is 4.54. The lowest BCUT2D eigenvalue weighted by Crippen LogP contribution is -2.59. The molecule has 0 saturated heterocycles. The van der Waals surface area contributed by atoms with Gasteiger partial charge in [-0.1, -0.05) is 44.2 Å². The number of H-pyrrole nitrogens is 1. The lowest BCUT2D eigenvalue weighted by molar-refractivity contribution is -0.142. The Balaban J connectivity index is 1.79. The van der Waals surface area contributed by atoms with Crippen LogP contribution in [0.25, 0.3) is 10.9 Å². The molecule has 0 fully saturated rings. The maximum Gasteiger partial charge on any atom is 0.326 e. The summed E-state index contributed by atoms with van der Waals surface area (Å²) < 4.78 is 0. The average Bonchev–Trinajstić information content (AvgIpc) is 3.37. The Morgan fingerprint density at radius 3 is 2.12 bits per heavy atom. The maximum absolute atomic E-state index is 13.6. The number of carbonyl (C=O) groups excluding carboxylic acids is 3. The Morgan fingerprint density at radius 2 is 1.49 bits per heavy atom. The Bertz CT molecular complexity index is 1450. The number of aromatic nitrogens is 1. The van der Waals surface area contributed by atoms with Crippen LogP contribution in [0.15, 0.2) is 54.7 Å². The highest BCUT2D eigenvalue weighted by atomic mass is 16.4. The van der Waals surface area contributed by atoms with Gasteiger partial charge in [0.1, 0.15) is 23.9 Å². The van der Waals surface area contributed by atoms with Crippen molar-refractivity contribution in [3.63, 3.8) is 0 Å². The Labute approximate surface area is 247 Å². The van der Waals surface area contributed by atoms with Gasteiger partial charge < -0.3 is 42.0 Å². The zero-order valence-corrected chi connectivity index (χ0v) is 23.9. The van der Waals surface area contributed by atoms with Gasteiger partial charge in [-0.3, -0.25) is 19.2 Å². The zero-order chi connectivity index (χ0) is 31.7. The third-order valence-corrected chi connectivity index (χ3v) is 6.98. The summed E-state index contributed by atoms with van der Waals surface area (Å²) in [5.74, 6) is -5.02. The van der Waals surface area contributed by atoms with Crippen LogP contribution in [0, 0.1) is 5.92 Å². The standard InChI is InChI=1S/C30H37N5O8/c1-16(2)26(29(41)34-24(30(42)43)13-17-7-9-19(36)10-8-17)35-28(40)23(33-27(39)21(31)11-12-25(37)38)14-18-15-32-22-6-4-3-5-20(18)22/h3-10,15-16,21,23-24,26,32,36H,11-14,31H2,1-2H3,(H,33,39)(H,34,41)(H,35,40)(H,37,38)(H,42,43). The number of amides is 3. The van der Waals surface area contributed by atoms with Crippen molar-refractivity contribution in [3.05, 3.63) is 65.9 Å². The number of carbonyl (C=O) groups is 5. The molecule has 230 valence electrons. The van der Waals surface area contributed by atoms with Crippen molar-refractivity contribution in [3.8, 4) is 5.75 Å². The quantitative estimate of drug-likeness (QED) is 0.125. The number of aromatic amines is 1. The van der Waals surface area contributed by atoms with Gasteiger partial charge in [0.15, 0.2) is 0 Å². The number of aliphatic carboxylic acids is 2. The van der Waals surface area contributed by atoms with E-state index in [1.807, 2.05) is 24.3 Å². The van der Waals surface area contributed by atoms with Gasteiger partial charge in [0, 0.05) is 36.4 Å². The van der Waals surface area contributed by atoms with Crippen molar-refractivity contribution < 1.29 is 39.3 Å². The van der Waals surface area contributed by atoms with Crippen molar-refractivity contribution in [1.82, 2.24) is 20.9 Å². The minimum atomic E-state index is -1.32. The van der Waals surface area contributed by atoms with E-state index >= 15 is 0 Å². The predicted octanol–water partition coefficient (Wildman–Crippen LogP) is 1.05. The fraction of sp³-hybridized carbons (Fsp3) is 0.367. The average molecular weight is 596 g/mol. The smallest absolute Gasteiger partial charge is 0.326 e. The molecule has 0 radical (unpaired) electrons. The van der Waals surface area contributed by atoms with Gasteiger partial charge in [-0.25, -0.2) is 4.79 Å². The second-order valence-corrected chi connectivity index (χ2v) is 10.7. The number of nitrogens with two attached hydrogens (primary N) is 1. The summed E-state index contributed by atoms with van der Waals surface area (Å²) in [4.78, 5) is 65.7. The van der Waals surface area contributed by atoms with Crippen LogP contribution < -0.4 is 21.7 Å². The number of phenolic OH excluding ortho intramolecular Hbond substituents is 1. The first-order valence-electron chi connectivity index (χ1n) is 13.8. The van der Waals surface area contributed by atoms with E-state index in [2.05, 4.69) is 20.9 Å². The van der Waals surface area contributed by atoms with E-state index in [-0.39, 0.29) is 31.4 Å². The number of para-hydroxylation sites is 1. The summed E-state index contributed by atoms with van der Waals surface area (Å²) in [5, 5.41) is 36.7. The van der Waals surface area contributed by atoms with E-state index in [0.717, 1.165) is 10.9 Å². The summed E-state index contributed by atoms with van der Waals surface area (Å²) in [6, 6.07) is 8.41. The largest absolute Gasteiger partial charge is 0.508 e. The van der Waals surface area contributed by atoms with Crippen LogP contribution in [-0.2, 0) is 36.8 Å². The third kappa shape index (κ3) is 9.30. The number of phenols is 1. The van der Waals surface area contributed by atoms with Crippen LogP contribution in [-0.4, -0.2) is 74.1 Å². The molecule has 0 spiro atoms. The molecule has 3 rings (SSSR count). The molecule has 1 aromatic heterocycles. The molecular formula is C30H37N5O8. The number of carboxylic acids is 2. The van der Waals surface area contributed by atoms with Gasteiger partial charge in [0.2, 0.25) is 17.7 Å². The first kappa shape index (κ1) is 32.6. The molecule has 4 unspecified atom stereocenters. The van der Waals surface area contributed by atoms with Gasteiger partial charge in [-0.15, -0.1) is 0 Å². The molecule has 3 aromatic rings. The van der Waals surface area contributed by atoms with Crippen LogP contribution in [0.1, 0.15) is 37.8 Å². The molecule has 13 nitrogen and oxygen atoms in total. The third-order valence-electron chi connectivity index (χ3n) is 6.98. The van der Waals surface area contributed by atoms with Crippen LogP contribution in [0.3, 0.4) is 0 Å². The number of nitrogens with one attached hydrogen (secondary N) is 4.